The van der Waals surface area contributed by atoms with Crippen molar-refractivity contribution >= 4 is 11.9 Å². The number of rotatable bonds is 8. The summed E-state index contributed by atoms with van der Waals surface area (Å²) in [5.41, 5.74) is -0.421. The molecule has 0 spiro atoms. The van der Waals surface area contributed by atoms with Gasteiger partial charge in [-0.15, -0.1) is 0 Å². The predicted octanol–water partition coefficient (Wildman–Crippen LogP) is 5.67. The fourth-order valence-electron chi connectivity index (χ4n) is 10.1. The minimum atomic E-state index is -0.452. The van der Waals surface area contributed by atoms with Gasteiger partial charge in [-0.3, -0.25) is 4.79 Å². The molecule has 34 heavy (non-hydrogen) atoms. The van der Waals surface area contributed by atoms with Gasteiger partial charge in [0.05, 0.1) is 12.0 Å². The Morgan fingerprint density at radius 1 is 0.882 bits per heavy atom. The van der Waals surface area contributed by atoms with Crippen molar-refractivity contribution in [1.29, 1.82) is 0 Å². The molecule has 0 aromatic heterocycles. The first-order chi connectivity index (χ1) is 16.3. The number of hydrogen-bond acceptors (Lipinski definition) is 5. The van der Waals surface area contributed by atoms with E-state index in [4.69, 9.17) is 14.2 Å². The maximum Gasteiger partial charge on any atom is 0.333 e. The largest absolute Gasteiger partial charge is 0.455 e. The second-order valence-corrected chi connectivity index (χ2v) is 13.1. The molecule has 8 fully saturated rings. The molecule has 0 amide bonds. The molecule has 0 saturated heterocycles. The minimum absolute atomic E-state index is 0.0760. The fourth-order valence-corrected chi connectivity index (χ4v) is 10.1. The van der Waals surface area contributed by atoms with E-state index in [1.165, 1.54) is 32.1 Å². The third-order valence-electron chi connectivity index (χ3n) is 11.2. The van der Waals surface area contributed by atoms with Crippen molar-refractivity contribution in [3.05, 3.63) is 12.2 Å². The zero-order valence-electron chi connectivity index (χ0n) is 21.1. The molecular weight excluding hydrogens is 428 g/mol. The standard InChI is InChI=1S/C29H42O5/c1-4-29(34-26(30)17(2)3)23-10-20-11-24(29)14-28(12-20,13-23)27(31)33-16-32-15-25-21-6-18-5-19(8-21)9-22(25)7-18/h18-25H,2,4-16H2,1,3H3. The van der Waals surface area contributed by atoms with Crippen LogP contribution in [0.1, 0.15) is 84.5 Å². The molecule has 8 aliphatic carbocycles. The molecule has 0 aromatic carbocycles. The third-order valence-corrected chi connectivity index (χ3v) is 11.2. The van der Waals surface area contributed by atoms with Gasteiger partial charge < -0.3 is 14.2 Å². The van der Waals surface area contributed by atoms with Crippen molar-refractivity contribution in [2.24, 2.45) is 52.8 Å². The molecule has 188 valence electrons. The quantitative estimate of drug-likeness (QED) is 0.198. The molecule has 2 atom stereocenters. The topological polar surface area (TPSA) is 61.8 Å². The Bertz CT molecular complexity index is 817. The lowest BCUT2D eigenvalue weighted by atomic mass is 9.44. The van der Waals surface area contributed by atoms with Crippen LogP contribution < -0.4 is 0 Å². The molecule has 0 radical (unpaired) electrons. The first-order valence-corrected chi connectivity index (χ1v) is 14.0. The summed E-state index contributed by atoms with van der Waals surface area (Å²) in [5.74, 6) is 4.90. The van der Waals surface area contributed by atoms with Crippen LogP contribution in [0.2, 0.25) is 0 Å². The molecule has 5 nitrogen and oxygen atoms in total. The molecule has 0 N–H and O–H groups in total. The SMILES string of the molecule is C=C(C)C(=O)OC1(CC)C2CC3CC1CC(C(=O)OCOCC1C4CC5CC(C4)CC1C5)(C3)C2. The van der Waals surface area contributed by atoms with Crippen LogP contribution in [0.5, 0.6) is 0 Å². The summed E-state index contributed by atoms with van der Waals surface area (Å²) < 4.78 is 18.0. The number of esters is 2. The Morgan fingerprint density at radius 3 is 2.06 bits per heavy atom. The van der Waals surface area contributed by atoms with Crippen LogP contribution in [0.25, 0.3) is 0 Å². The lowest BCUT2D eigenvalue weighted by molar-refractivity contribution is -0.232. The third kappa shape index (κ3) is 3.59. The highest BCUT2D eigenvalue weighted by molar-refractivity contribution is 5.87. The Labute approximate surface area is 204 Å². The number of hydrogen-bond donors (Lipinski definition) is 0. The van der Waals surface area contributed by atoms with E-state index in [1.54, 1.807) is 6.92 Å². The number of carbonyl (C=O) groups excluding carboxylic acids is 2. The molecule has 8 rings (SSSR count). The summed E-state index contributed by atoms with van der Waals surface area (Å²) in [6.45, 7) is 8.46. The van der Waals surface area contributed by atoms with Crippen LogP contribution >= 0.6 is 0 Å². The highest BCUT2D eigenvalue weighted by atomic mass is 16.7. The lowest BCUT2D eigenvalue weighted by Gasteiger charge is -2.63. The van der Waals surface area contributed by atoms with Crippen molar-refractivity contribution in [3.63, 3.8) is 0 Å². The van der Waals surface area contributed by atoms with Crippen molar-refractivity contribution in [3.8, 4) is 0 Å². The average Bonchev–Trinajstić information content (AvgIpc) is 2.79. The minimum Gasteiger partial charge on any atom is -0.455 e. The summed E-state index contributed by atoms with van der Waals surface area (Å²) in [4.78, 5) is 25.9. The van der Waals surface area contributed by atoms with E-state index in [0.29, 0.717) is 17.4 Å². The van der Waals surface area contributed by atoms with Gasteiger partial charge in [0.25, 0.3) is 0 Å². The Balaban J connectivity index is 1.06. The fraction of sp³-hybridized carbons (Fsp3) is 0.862. The normalized spacial score (nSPS) is 47.6. The zero-order chi connectivity index (χ0) is 23.7. The van der Waals surface area contributed by atoms with Gasteiger partial charge in [0.15, 0.2) is 6.79 Å². The van der Waals surface area contributed by atoms with Gasteiger partial charge in [-0.2, -0.15) is 0 Å². The highest BCUT2D eigenvalue weighted by Gasteiger charge is 2.66. The summed E-state index contributed by atoms with van der Waals surface area (Å²) in [6, 6.07) is 0. The Kier molecular flexibility index (Phi) is 5.66. The Morgan fingerprint density at radius 2 is 1.50 bits per heavy atom. The summed E-state index contributed by atoms with van der Waals surface area (Å²) in [5, 5.41) is 0. The van der Waals surface area contributed by atoms with Gasteiger partial charge in [0.1, 0.15) is 5.60 Å². The highest BCUT2D eigenvalue weighted by Crippen LogP contribution is 2.66. The summed E-state index contributed by atoms with van der Waals surface area (Å²) >= 11 is 0. The molecule has 5 heteroatoms. The van der Waals surface area contributed by atoms with Crippen LogP contribution in [-0.2, 0) is 23.8 Å². The molecule has 8 saturated carbocycles. The van der Waals surface area contributed by atoms with Gasteiger partial charge in [0, 0.05) is 17.4 Å². The molecule has 8 bridgehead atoms. The van der Waals surface area contributed by atoms with Gasteiger partial charge in [0.2, 0.25) is 0 Å². The second-order valence-electron chi connectivity index (χ2n) is 13.1. The maximum atomic E-state index is 13.4. The van der Waals surface area contributed by atoms with E-state index in [1.807, 2.05) is 0 Å². The molecule has 2 unspecified atom stereocenters. The first-order valence-electron chi connectivity index (χ1n) is 14.0. The van der Waals surface area contributed by atoms with E-state index in [2.05, 4.69) is 13.5 Å². The van der Waals surface area contributed by atoms with Gasteiger partial charge in [-0.05, 0) is 113 Å². The molecule has 0 heterocycles. The van der Waals surface area contributed by atoms with Crippen molar-refractivity contribution in [2.45, 2.75) is 90.1 Å². The van der Waals surface area contributed by atoms with E-state index in [-0.39, 0.29) is 30.6 Å². The molecular formula is C29H42O5. The van der Waals surface area contributed by atoms with Crippen LogP contribution in [0.4, 0.5) is 0 Å². The van der Waals surface area contributed by atoms with Crippen LogP contribution in [-0.4, -0.2) is 30.9 Å². The van der Waals surface area contributed by atoms with Gasteiger partial charge >= 0.3 is 11.9 Å². The van der Waals surface area contributed by atoms with E-state index >= 15 is 0 Å². The van der Waals surface area contributed by atoms with Crippen molar-refractivity contribution < 1.29 is 23.8 Å². The van der Waals surface area contributed by atoms with Crippen molar-refractivity contribution in [2.75, 3.05) is 13.4 Å². The van der Waals surface area contributed by atoms with E-state index < -0.39 is 11.0 Å². The lowest BCUT2D eigenvalue weighted by Crippen LogP contribution is -2.64. The van der Waals surface area contributed by atoms with E-state index in [0.717, 1.165) is 68.8 Å². The van der Waals surface area contributed by atoms with Crippen LogP contribution in [0, 0.1) is 52.8 Å². The van der Waals surface area contributed by atoms with Crippen molar-refractivity contribution in [1.82, 2.24) is 0 Å². The summed E-state index contributed by atoms with van der Waals surface area (Å²) in [7, 11) is 0. The first kappa shape index (κ1) is 23.1. The van der Waals surface area contributed by atoms with Gasteiger partial charge in [-0.1, -0.05) is 13.5 Å². The number of carbonyl (C=O) groups is 2. The second kappa shape index (κ2) is 8.35. The predicted molar refractivity (Wildman–Crippen MR) is 127 cm³/mol. The van der Waals surface area contributed by atoms with E-state index in [9.17, 15) is 9.59 Å². The summed E-state index contributed by atoms with van der Waals surface area (Å²) in [6.07, 6.45) is 12.4. The number of ether oxygens (including phenoxy) is 3. The zero-order valence-corrected chi connectivity index (χ0v) is 21.1. The molecule has 0 aromatic rings. The maximum absolute atomic E-state index is 13.4. The van der Waals surface area contributed by atoms with Crippen LogP contribution in [0.3, 0.4) is 0 Å². The molecule has 0 aliphatic heterocycles. The van der Waals surface area contributed by atoms with Crippen LogP contribution in [0.15, 0.2) is 12.2 Å². The van der Waals surface area contributed by atoms with Gasteiger partial charge in [-0.25, -0.2) is 4.79 Å². The molecule has 8 aliphatic rings. The monoisotopic (exact) mass is 470 g/mol. The smallest absolute Gasteiger partial charge is 0.333 e. The Hall–Kier alpha value is -1.36. The average molecular weight is 471 g/mol.